The minimum absolute atomic E-state index is 0.404. The van der Waals surface area contributed by atoms with Crippen LogP contribution in [0.15, 0.2) is 52.9 Å². The molecule has 1 aromatic rings. The van der Waals surface area contributed by atoms with E-state index in [1.165, 1.54) is 0 Å². The quantitative estimate of drug-likeness (QED) is 0.683. The van der Waals surface area contributed by atoms with E-state index in [-0.39, 0.29) is 0 Å². The summed E-state index contributed by atoms with van der Waals surface area (Å²) in [6.07, 6.45) is 1.33. The maximum absolute atomic E-state index is 13.1. The molecule has 164 valence electrons. The van der Waals surface area contributed by atoms with Gasteiger partial charge >= 0.3 is 11.9 Å². The largest absolute Gasteiger partial charge is 0.457 e. The Kier molecular flexibility index (Phi) is 7.17. The summed E-state index contributed by atoms with van der Waals surface area (Å²) in [7, 11) is 0. The van der Waals surface area contributed by atoms with E-state index in [1.54, 1.807) is 0 Å². The second-order valence-electron chi connectivity index (χ2n) is 9.78. The van der Waals surface area contributed by atoms with Crippen molar-refractivity contribution in [3.8, 4) is 0 Å². The van der Waals surface area contributed by atoms with Gasteiger partial charge in [-0.3, -0.25) is 0 Å². The zero-order valence-corrected chi connectivity index (χ0v) is 19.5. The molecule has 2 rings (SSSR count). The van der Waals surface area contributed by atoms with Crippen LogP contribution in [-0.2, 0) is 25.5 Å². The van der Waals surface area contributed by atoms with Crippen LogP contribution in [0.1, 0.15) is 67.4 Å². The summed E-state index contributed by atoms with van der Waals surface area (Å²) in [4.78, 5) is 26.2. The molecule has 0 amide bonds. The van der Waals surface area contributed by atoms with Crippen molar-refractivity contribution >= 4 is 11.9 Å². The van der Waals surface area contributed by atoms with Crippen molar-refractivity contribution in [2.24, 2.45) is 5.92 Å². The zero-order valence-electron chi connectivity index (χ0n) is 19.5. The number of hydrogen-bond acceptors (Lipinski definition) is 5. The number of allylic oxidation sites excluding steroid dienone is 2. The Morgan fingerprint density at radius 2 is 1.27 bits per heavy atom. The maximum Gasteiger partial charge on any atom is 0.336 e. The van der Waals surface area contributed by atoms with Gasteiger partial charge in [-0.15, -0.1) is 0 Å². The molecular formula is C25H35NO4. The summed E-state index contributed by atoms with van der Waals surface area (Å²) in [5.74, 6) is -1.21. The molecule has 0 unspecified atom stereocenters. The average molecular weight is 414 g/mol. The first-order chi connectivity index (χ1) is 13.8. The number of aryl methyl sites for hydroxylation is 1. The van der Waals surface area contributed by atoms with Gasteiger partial charge in [0, 0.05) is 17.3 Å². The number of benzene rings is 1. The third-order valence-corrected chi connectivity index (χ3v) is 4.68. The van der Waals surface area contributed by atoms with Crippen molar-refractivity contribution in [3.63, 3.8) is 0 Å². The number of dihydropyridines is 1. The summed E-state index contributed by atoms with van der Waals surface area (Å²) < 4.78 is 11.4. The Hall–Kier alpha value is -2.56. The number of esters is 2. The lowest BCUT2D eigenvalue weighted by molar-refractivity contribution is -0.151. The van der Waals surface area contributed by atoms with Gasteiger partial charge in [-0.25, -0.2) is 9.59 Å². The molecule has 1 aliphatic heterocycles. The lowest BCUT2D eigenvalue weighted by Gasteiger charge is -2.33. The molecule has 1 aromatic carbocycles. The predicted molar refractivity (Wildman–Crippen MR) is 118 cm³/mol. The third kappa shape index (κ3) is 6.48. The van der Waals surface area contributed by atoms with Crippen molar-refractivity contribution in [1.82, 2.24) is 5.32 Å². The molecule has 1 N–H and O–H groups in total. The van der Waals surface area contributed by atoms with Crippen molar-refractivity contribution < 1.29 is 19.1 Å². The average Bonchev–Trinajstić information content (AvgIpc) is 2.57. The van der Waals surface area contributed by atoms with Crippen LogP contribution in [0.25, 0.3) is 0 Å². The van der Waals surface area contributed by atoms with Crippen LogP contribution in [0.5, 0.6) is 0 Å². The molecule has 5 heteroatoms. The van der Waals surface area contributed by atoms with E-state index in [0.717, 1.165) is 12.0 Å². The van der Waals surface area contributed by atoms with Crippen molar-refractivity contribution in [3.05, 3.63) is 58.4 Å². The molecule has 0 saturated heterocycles. The van der Waals surface area contributed by atoms with Gasteiger partial charge in [0.15, 0.2) is 0 Å². The molecule has 0 spiro atoms. The van der Waals surface area contributed by atoms with Crippen LogP contribution in [-0.4, -0.2) is 23.1 Å². The van der Waals surface area contributed by atoms with E-state index in [1.807, 2.05) is 73.6 Å². The molecule has 0 aliphatic carbocycles. The number of carbonyl (C=O) groups is 2. The summed E-state index contributed by atoms with van der Waals surface area (Å²) >= 11 is 0. The maximum atomic E-state index is 13.1. The van der Waals surface area contributed by atoms with Crippen LogP contribution in [0.4, 0.5) is 0 Å². The molecule has 0 saturated carbocycles. The summed E-state index contributed by atoms with van der Waals surface area (Å²) in [5, 5.41) is 3.20. The molecule has 0 radical (unpaired) electrons. The molecule has 30 heavy (non-hydrogen) atoms. The fraction of sp³-hybridized carbons (Fsp3) is 0.520. The smallest absolute Gasteiger partial charge is 0.336 e. The van der Waals surface area contributed by atoms with Crippen molar-refractivity contribution in [2.45, 2.75) is 79.4 Å². The molecule has 1 heterocycles. The first-order valence-electron chi connectivity index (χ1n) is 10.5. The molecule has 1 aliphatic rings. The van der Waals surface area contributed by atoms with Gasteiger partial charge in [-0.1, -0.05) is 30.3 Å². The zero-order chi connectivity index (χ0) is 22.7. The van der Waals surface area contributed by atoms with Gasteiger partial charge in [0.1, 0.15) is 11.2 Å². The van der Waals surface area contributed by atoms with Crippen LogP contribution in [0.2, 0.25) is 0 Å². The summed E-state index contributed by atoms with van der Waals surface area (Å²) in [6, 6.07) is 10.1. The van der Waals surface area contributed by atoms with E-state index >= 15 is 0 Å². The van der Waals surface area contributed by atoms with Gasteiger partial charge in [0.05, 0.1) is 11.1 Å². The predicted octanol–water partition coefficient (Wildman–Crippen LogP) is 5.07. The highest BCUT2D eigenvalue weighted by Crippen LogP contribution is 2.36. The Morgan fingerprint density at radius 1 is 0.833 bits per heavy atom. The van der Waals surface area contributed by atoms with E-state index in [9.17, 15) is 9.59 Å². The number of rotatable bonds is 5. The Labute approximate surface area is 180 Å². The lowest BCUT2D eigenvalue weighted by Crippen LogP contribution is -2.37. The van der Waals surface area contributed by atoms with Crippen LogP contribution in [0, 0.1) is 5.92 Å². The Morgan fingerprint density at radius 3 is 1.67 bits per heavy atom. The van der Waals surface area contributed by atoms with E-state index in [4.69, 9.17) is 9.47 Å². The fourth-order valence-corrected chi connectivity index (χ4v) is 3.58. The van der Waals surface area contributed by atoms with Gasteiger partial charge in [-0.05, 0) is 73.8 Å². The normalized spacial score (nSPS) is 15.7. The third-order valence-electron chi connectivity index (χ3n) is 4.68. The topological polar surface area (TPSA) is 64.6 Å². The van der Waals surface area contributed by atoms with Crippen molar-refractivity contribution in [1.29, 1.82) is 0 Å². The first kappa shape index (κ1) is 23.7. The number of carbonyl (C=O) groups excluding carboxylic acids is 2. The Balaban J connectivity index is 2.43. The standard InChI is InChI=1S/C25H35NO4/c1-16-20(22(27)29-24(3,4)5)19(15-14-18-12-10-9-11-13-18)21(17(2)26-16)23(28)30-25(6,7)8/h9-13,19,26H,14-15H2,1-8H3. The molecule has 0 bridgehead atoms. The van der Waals surface area contributed by atoms with Crippen LogP contribution < -0.4 is 5.32 Å². The molecule has 0 aromatic heterocycles. The van der Waals surface area contributed by atoms with Gasteiger partial charge in [0.2, 0.25) is 0 Å². The van der Waals surface area contributed by atoms with E-state index < -0.39 is 29.1 Å². The van der Waals surface area contributed by atoms with E-state index in [0.29, 0.717) is 29.0 Å². The number of ether oxygens (including phenoxy) is 2. The molecular weight excluding hydrogens is 378 g/mol. The lowest BCUT2D eigenvalue weighted by atomic mass is 9.81. The minimum atomic E-state index is -0.628. The summed E-state index contributed by atoms with van der Waals surface area (Å²) in [5.41, 5.74) is 2.31. The Bertz CT molecular complexity index is 801. The summed E-state index contributed by atoms with van der Waals surface area (Å²) in [6.45, 7) is 14.7. The van der Waals surface area contributed by atoms with Crippen LogP contribution >= 0.6 is 0 Å². The molecule has 0 atom stereocenters. The second kappa shape index (κ2) is 9.07. The first-order valence-corrected chi connectivity index (χ1v) is 10.5. The number of nitrogens with one attached hydrogen (secondary N) is 1. The number of hydrogen-bond donors (Lipinski definition) is 1. The van der Waals surface area contributed by atoms with Gasteiger partial charge in [0.25, 0.3) is 0 Å². The highest BCUT2D eigenvalue weighted by atomic mass is 16.6. The molecule has 5 nitrogen and oxygen atoms in total. The van der Waals surface area contributed by atoms with Crippen LogP contribution in [0.3, 0.4) is 0 Å². The highest BCUT2D eigenvalue weighted by Gasteiger charge is 2.38. The monoisotopic (exact) mass is 413 g/mol. The highest BCUT2D eigenvalue weighted by molar-refractivity contribution is 5.98. The SMILES string of the molecule is CC1=C(C(=O)OC(C)(C)C)C(CCc2ccccc2)C(C(=O)OC(C)(C)C)=C(C)N1. The fourth-order valence-electron chi connectivity index (χ4n) is 3.58. The minimum Gasteiger partial charge on any atom is -0.457 e. The van der Waals surface area contributed by atoms with Gasteiger partial charge in [-0.2, -0.15) is 0 Å². The van der Waals surface area contributed by atoms with Crippen molar-refractivity contribution in [2.75, 3.05) is 0 Å². The van der Waals surface area contributed by atoms with Gasteiger partial charge < -0.3 is 14.8 Å². The second-order valence-corrected chi connectivity index (χ2v) is 9.78. The molecule has 0 fully saturated rings. The van der Waals surface area contributed by atoms with E-state index in [2.05, 4.69) is 17.4 Å².